The van der Waals surface area contributed by atoms with E-state index in [0.29, 0.717) is 19.0 Å². The predicted molar refractivity (Wildman–Crippen MR) is 84.5 cm³/mol. The number of piperidine rings is 1. The third kappa shape index (κ3) is 4.78. The Morgan fingerprint density at radius 3 is 2.86 bits per heavy atom. The maximum atomic E-state index is 12.4. The second kappa shape index (κ2) is 7.19. The molecule has 0 N–H and O–H groups in total. The van der Waals surface area contributed by atoms with Gasteiger partial charge in [0, 0.05) is 32.0 Å². The number of amides is 1. The highest BCUT2D eigenvalue weighted by atomic mass is 32.2. The number of sulfonamides is 1. The molecule has 1 saturated heterocycles. The Hall–Kier alpha value is -1.47. The van der Waals surface area contributed by atoms with Gasteiger partial charge in [-0.15, -0.1) is 0 Å². The summed E-state index contributed by atoms with van der Waals surface area (Å²) in [5, 5.41) is 0. The molecule has 6 nitrogen and oxygen atoms in total. The number of hydrogen-bond donors (Lipinski definition) is 0. The van der Waals surface area contributed by atoms with Crippen LogP contribution in [-0.2, 0) is 21.4 Å². The number of carbonyl (C=O) groups is 1. The third-order valence-corrected chi connectivity index (χ3v) is 5.07. The average Bonchev–Trinajstić information content (AvgIpc) is 2.46. The first-order chi connectivity index (χ1) is 10.4. The van der Waals surface area contributed by atoms with E-state index in [2.05, 4.69) is 11.9 Å². The van der Waals surface area contributed by atoms with Crippen molar-refractivity contribution in [3.8, 4) is 0 Å². The Morgan fingerprint density at radius 2 is 2.27 bits per heavy atom. The molecule has 0 aliphatic carbocycles. The average molecular weight is 325 g/mol. The van der Waals surface area contributed by atoms with Gasteiger partial charge in [-0.2, -0.15) is 4.31 Å². The molecule has 1 aromatic rings. The topological polar surface area (TPSA) is 70.6 Å². The van der Waals surface area contributed by atoms with Crippen molar-refractivity contribution < 1.29 is 13.2 Å². The van der Waals surface area contributed by atoms with Gasteiger partial charge >= 0.3 is 0 Å². The molecule has 2 rings (SSSR count). The minimum Gasteiger partial charge on any atom is -0.341 e. The van der Waals surface area contributed by atoms with Crippen molar-refractivity contribution in [2.75, 3.05) is 25.9 Å². The van der Waals surface area contributed by atoms with Crippen LogP contribution in [0.1, 0.15) is 25.3 Å². The third-order valence-electron chi connectivity index (χ3n) is 3.87. The van der Waals surface area contributed by atoms with Gasteiger partial charge < -0.3 is 4.90 Å². The zero-order valence-corrected chi connectivity index (χ0v) is 13.9. The number of likely N-dealkylation sites (tertiary alicyclic amines) is 1. The van der Waals surface area contributed by atoms with Crippen LogP contribution < -0.4 is 0 Å². The first-order valence-electron chi connectivity index (χ1n) is 7.48. The van der Waals surface area contributed by atoms with Crippen molar-refractivity contribution >= 4 is 15.9 Å². The summed E-state index contributed by atoms with van der Waals surface area (Å²) in [5.74, 6) is 0.351. The van der Waals surface area contributed by atoms with Gasteiger partial charge in [0.2, 0.25) is 15.9 Å². The summed E-state index contributed by atoms with van der Waals surface area (Å²) in [5.41, 5.74) is 0.771. The minimum atomic E-state index is -3.45. The fourth-order valence-corrected chi connectivity index (χ4v) is 3.38. The normalized spacial score (nSPS) is 19.4. The molecule has 1 fully saturated rings. The fraction of sp³-hybridized carbons (Fsp3) is 0.600. The molecule has 2 heterocycles. The Kier molecular flexibility index (Phi) is 5.52. The van der Waals surface area contributed by atoms with Crippen molar-refractivity contribution in [2.45, 2.75) is 26.3 Å². The van der Waals surface area contributed by atoms with E-state index in [9.17, 15) is 13.2 Å². The van der Waals surface area contributed by atoms with E-state index in [1.54, 1.807) is 29.4 Å². The van der Waals surface area contributed by atoms with Gasteiger partial charge in [-0.1, -0.05) is 13.0 Å². The molecule has 1 atom stereocenters. The zero-order chi connectivity index (χ0) is 16.2. The van der Waals surface area contributed by atoms with Gasteiger partial charge in [0.05, 0.1) is 12.8 Å². The van der Waals surface area contributed by atoms with Crippen molar-refractivity contribution in [2.24, 2.45) is 5.92 Å². The largest absolute Gasteiger partial charge is 0.341 e. The minimum absolute atomic E-state index is 0.111. The predicted octanol–water partition coefficient (Wildman–Crippen LogP) is 1.10. The molecule has 1 aromatic heterocycles. The Bertz CT molecular complexity index is 604. The van der Waals surface area contributed by atoms with Gasteiger partial charge in [0.1, 0.15) is 0 Å². The van der Waals surface area contributed by atoms with Crippen LogP contribution in [0.3, 0.4) is 0 Å². The van der Waals surface area contributed by atoms with Gasteiger partial charge in [-0.3, -0.25) is 9.78 Å². The summed E-state index contributed by atoms with van der Waals surface area (Å²) in [6.45, 7) is 3.60. The molecule has 0 radical (unpaired) electrons. The lowest BCUT2D eigenvalue weighted by Gasteiger charge is -2.32. The van der Waals surface area contributed by atoms with Crippen molar-refractivity contribution in [1.82, 2.24) is 14.2 Å². The van der Waals surface area contributed by atoms with Crippen LogP contribution in [0.5, 0.6) is 0 Å². The lowest BCUT2D eigenvalue weighted by Crippen LogP contribution is -2.45. The fourth-order valence-electron chi connectivity index (χ4n) is 2.65. The molecule has 1 aliphatic heterocycles. The summed E-state index contributed by atoms with van der Waals surface area (Å²) in [7, 11) is -3.45. The molecule has 7 heteroatoms. The Labute approximate surface area is 132 Å². The highest BCUT2D eigenvalue weighted by molar-refractivity contribution is 7.88. The lowest BCUT2D eigenvalue weighted by molar-refractivity contribution is -0.133. The Balaban J connectivity index is 2.05. The van der Waals surface area contributed by atoms with Crippen LogP contribution in [0.4, 0.5) is 0 Å². The zero-order valence-electron chi connectivity index (χ0n) is 13.1. The molecular formula is C15H23N3O3S. The van der Waals surface area contributed by atoms with Crippen molar-refractivity contribution in [3.63, 3.8) is 0 Å². The summed E-state index contributed by atoms with van der Waals surface area (Å²) >= 11 is 0. The number of hydrogen-bond acceptors (Lipinski definition) is 4. The van der Waals surface area contributed by atoms with Crippen LogP contribution in [0.15, 0.2) is 24.5 Å². The van der Waals surface area contributed by atoms with Crippen LogP contribution in [0, 0.1) is 5.92 Å². The standard InChI is InChI=1S/C15H23N3O3S/c1-13-5-4-8-17(10-13)15(19)12-18(22(2,20)21)11-14-6-3-7-16-9-14/h3,6-7,9,13H,4-5,8,10-12H2,1-2H3. The highest BCUT2D eigenvalue weighted by Gasteiger charge is 2.26. The second-order valence-electron chi connectivity index (χ2n) is 5.98. The summed E-state index contributed by atoms with van der Waals surface area (Å²) in [6, 6.07) is 3.56. The molecule has 22 heavy (non-hydrogen) atoms. The van der Waals surface area contributed by atoms with Crippen LogP contribution >= 0.6 is 0 Å². The molecule has 0 saturated carbocycles. The molecule has 0 bridgehead atoms. The lowest BCUT2D eigenvalue weighted by atomic mass is 10.0. The van der Waals surface area contributed by atoms with Gasteiger partial charge in [-0.05, 0) is 30.4 Å². The molecular weight excluding hydrogens is 302 g/mol. The summed E-state index contributed by atoms with van der Waals surface area (Å²) < 4.78 is 25.1. The molecule has 0 aromatic carbocycles. The number of aromatic nitrogens is 1. The number of carbonyl (C=O) groups excluding carboxylic acids is 1. The van der Waals surface area contributed by atoms with Crippen LogP contribution in [0.25, 0.3) is 0 Å². The van der Waals surface area contributed by atoms with Crippen molar-refractivity contribution in [3.05, 3.63) is 30.1 Å². The quantitative estimate of drug-likeness (QED) is 0.813. The summed E-state index contributed by atoms with van der Waals surface area (Å²) in [4.78, 5) is 18.2. The number of nitrogens with zero attached hydrogens (tertiary/aromatic N) is 3. The van der Waals surface area contributed by atoms with Crippen LogP contribution in [-0.4, -0.2) is 54.4 Å². The number of rotatable bonds is 5. The first-order valence-corrected chi connectivity index (χ1v) is 9.33. The first kappa shape index (κ1) is 16.9. The van der Waals surface area contributed by atoms with Gasteiger partial charge in [0.15, 0.2) is 0 Å². The smallest absolute Gasteiger partial charge is 0.237 e. The SMILES string of the molecule is CC1CCCN(C(=O)CN(Cc2cccnc2)S(C)(=O)=O)C1. The van der Waals surface area contributed by atoms with E-state index in [4.69, 9.17) is 0 Å². The molecule has 1 amide bonds. The maximum Gasteiger partial charge on any atom is 0.237 e. The Morgan fingerprint density at radius 1 is 1.50 bits per heavy atom. The monoisotopic (exact) mass is 325 g/mol. The van der Waals surface area contributed by atoms with Gasteiger partial charge in [-0.25, -0.2) is 8.42 Å². The highest BCUT2D eigenvalue weighted by Crippen LogP contribution is 2.16. The van der Waals surface area contributed by atoms with Crippen molar-refractivity contribution in [1.29, 1.82) is 0 Å². The van der Waals surface area contributed by atoms with E-state index in [-0.39, 0.29) is 19.0 Å². The maximum absolute atomic E-state index is 12.4. The van der Waals surface area contributed by atoms with E-state index in [1.165, 1.54) is 4.31 Å². The van der Waals surface area contributed by atoms with E-state index in [0.717, 1.165) is 24.7 Å². The second-order valence-corrected chi connectivity index (χ2v) is 7.96. The molecule has 1 unspecified atom stereocenters. The van der Waals surface area contributed by atoms with Crippen LogP contribution in [0.2, 0.25) is 0 Å². The molecule has 122 valence electrons. The molecule has 0 spiro atoms. The van der Waals surface area contributed by atoms with E-state index >= 15 is 0 Å². The van der Waals surface area contributed by atoms with E-state index < -0.39 is 10.0 Å². The number of pyridine rings is 1. The summed E-state index contributed by atoms with van der Waals surface area (Å²) in [6.07, 6.45) is 6.49. The molecule has 1 aliphatic rings. The van der Waals surface area contributed by atoms with E-state index in [1.807, 2.05) is 0 Å². The van der Waals surface area contributed by atoms with Gasteiger partial charge in [0.25, 0.3) is 0 Å².